The van der Waals surface area contributed by atoms with Crippen LogP contribution < -0.4 is 14.2 Å². The Kier molecular flexibility index (Phi) is 9.39. The van der Waals surface area contributed by atoms with E-state index in [1.807, 2.05) is 36.4 Å². The third-order valence-electron chi connectivity index (χ3n) is 5.87. The molecule has 2 aromatic rings. The summed E-state index contributed by atoms with van der Waals surface area (Å²) in [6.07, 6.45) is 5.26. The summed E-state index contributed by atoms with van der Waals surface area (Å²) in [7, 11) is 5.78. The summed E-state index contributed by atoms with van der Waals surface area (Å²) in [5.41, 5.74) is 2.17. The van der Waals surface area contributed by atoms with E-state index in [1.165, 1.54) is 14.2 Å². The van der Waals surface area contributed by atoms with E-state index in [-0.39, 0.29) is 0 Å². The minimum Gasteiger partial charge on any atom is -0.493 e. The fourth-order valence-electron chi connectivity index (χ4n) is 4.08. The predicted molar refractivity (Wildman–Crippen MR) is 135 cm³/mol. The summed E-state index contributed by atoms with van der Waals surface area (Å²) in [6.45, 7) is 2.97. The second kappa shape index (κ2) is 12.7. The molecule has 0 spiro atoms. The van der Waals surface area contributed by atoms with E-state index in [9.17, 15) is 9.59 Å². The lowest BCUT2D eigenvalue weighted by molar-refractivity contribution is -0.137. The van der Waals surface area contributed by atoms with Crippen LogP contribution in [0.4, 0.5) is 0 Å². The van der Waals surface area contributed by atoms with Gasteiger partial charge in [-0.25, -0.2) is 9.59 Å². The minimum atomic E-state index is -0.718. The third-order valence-corrected chi connectivity index (χ3v) is 5.87. The highest BCUT2D eigenvalue weighted by atomic mass is 16.5. The van der Waals surface area contributed by atoms with Crippen LogP contribution in [-0.4, -0.2) is 51.9 Å². The second-order valence-corrected chi connectivity index (χ2v) is 8.19. The van der Waals surface area contributed by atoms with Crippen molar-refractivity contribution in [1.82, 2.24) is 4.90 Å². The number of hydrogen-bond donors (Lipinski definition) is 0. The van der Waals surface area contributed by atoms with Crippen molar-refractivity contribution in [2.24, 2.45) is 0 Å². The lowest BCUT2D eigenvalue weighted by Gasteiger charge is -2.31. The van der Waals surface area contributed by atoms with Crippen molar-refractivity contribution >= 4 is 11.9 Å². The normalized spacial score (nSPS) is 13.4. The van der Waals surface area contributed by atoms with Crippen LogP contribution in [0.2, 0.25) is 0 Å². The van der Waals surface area contributed by atoms with Gasteiger partial charge >= 0.3 is 11.9 Å². The first-order chi connectivity index (χ1) is 17.5. The summed E-state index contributed by atoms with van der Waals surface area (Å²) in [4.78, 5) is 27.7. The van der Waals surface area contributed by atoms with E-state index in [0.717, 1.165) is 18.4 Å². The van der Waals surface area contributed by atoms with Crippen molar-refractivity contribution in [3.8, 4) is 17.2 Å². The molecule has 0 N–H and O–H groups in total. The first-order valence-electron chi connectivity index (χ1n) is 11.8. The highest BCUT2D eigenvalue weighted by Gasteiger charge is 2.36. The van der Waals surface area contributed by atoms with Crippen LogP contribution >= 0.6 is 0 Å². The molecule has 8 heteroatoms. The molecule has 0 saturated heterocycles. The van der Waals surface area contributed by atoms with Gasteiger partial charge in [-0.05, 0) is 30.2 Å². The zero-order chi connectivity index (χ0) is 26.1. The summed E-state index contributed by atoms with van der Waals surface area (Å²) in [5.74, 6) is -0.0165. The number of carbonyl (C=O) groups is 2. The van der Waals surface area contributed by atoms with Gasteiger partial charge in [-0.3, -0.25) is 0 Å². The maximum Gasteiger partial charge on any atom is 0.336 e. The lowest BCUT2D eigenvalue weighted by Crippen LogP contribution is -2.29. The molecular weight excluding hydrogens is 462 g/mol. The van der Waals surface area contributed by atoms with Gasteiger partial charge in [0.05, 0.1) is 52.1 Å². The van der Waals surface area contributed by atoms with Crippen LogP contribution in [-0.2, 0) is 25.6 Å². The first-order valence-corrected chi connectivity index (χ1v) is 11.8. The molecule has 0 unspecified atom stereocenters. The van der Waals surface area contributed by atoms with Gasteiger partial charge < -0.3 is 28.6 Å². The van der Waals surface area contributed by atoms with Gasteiger partial charge in [0.15, 0.2) is 11.5 Å². The molecular formula is C28H33NO7. The minimum absolute atomic E-state index is 0.299. The van der Waals surface area contributed by atoms with E-state index < -0.39 is 17.9 Å². The molecule has 2 aromatic carbocycles. The molecule has 3 rings (SSSR count). The Morgan fingerprint density at radius 2 is 1.47 bits per heavy atom. The molecule has 36 heavy (non-hydrogen) atoms. The largest absolute Gasteiger partial charge is 0.493 e. The van der Waals surface area contributed by atoms with Gasteiger partial charge in [0.25, 0.3) is 0 Å². The monoisotopic (exact) mass is 495 g/mol. The van der Waals surface area contributed by atoms with Crippen LogP contribution in [0.1, 0.15) is 36.8 Å². The standard InChI is InChI=1S/C28H33NO7/c1-6-7-14-36-23-11-9-8-10-20(23)26-21(27(30)34-4)17-29(18-22(26)28(31)35-5)16-19-12-13-24(32-2)25(15-19)33-3/h8-13,15,17-18,26H,6-7,14,16H2,1-5H3. The van der Waals surface area contributed by atoms with Gasteiger partial charge in [-0.1, -0.05) is 37.6 Å². The quantitative estimate of drug-likeness (QED) is 0.331. The summed E-state index contributed by atoms with van der Waals surface area (Å²) in [6, 6.07) is 12.9. The highest BCUT2D eigenvalue weighted by Crippen LogP contribution is 2.41. The summed E-state index contributed by atoms with van der Waals surface area (Å²) >= 11 is 0. The van der Waals surface area contributed by atoms with E-state index in [0.29, 0.717) is 47.1 Å². The number of hydrogen-bond acceptors (Lipinski definition) is 8. The number of nitrogens with zero attached hydrogens (tertiary/aromatic N) is 1. The van der Waals surface area contributed by atoms with Crippen LogP contribution in [0.3, 0.4) is 0 Å². The van der Waals surface area contributed by atoms with Crippen molar-refractivity contribution in [3.63, 3.8) is 0 Å². The molecule has 0 saturated carbocycles. The fourth-order valence-corrected chi connectivity index (χ4v) is 4.08. The number of carbonyl (C=O) groups excluding carboxylic acids is 2. The van der Waals surface area contributed by atoms with Gasteiger partial charge in [0.1, 0.15) is 5.75 Å². The third kappa shape index (κ3) is 6.00. The fraction of sp³-hybridized carbons (Fsp3) is 0.357. The second-order valence-electron chi connectivity index (χ2n) is 8.19. The Labute approximate surface area is 212 Å². The van der Waals surface area contributed by atoms with Gasteiger partial charge in [-0.2, -0.15) is 0 Å². The Morgan fingerprint density at radius 1 is 0.833 bits per heavy atom. The van der Waals surface area contributed by atoms with E-state index in [4.69, 9.17) is 23.7 Å². The number of benzene rings is 2. The van der Waals surface area contributed by atoms with Crippen LogP contribution in [0.5, 0.6) is 17.2 Å². The van der Waals surface area contributed by atoms with Gasteiger partial charge in [0, 0.05) is 24.5 Å². The molecule has 0 atom stereocenters. The number of para-hydroxylation sites is 1. The van der Waals surface area contributed by atoms with Gasteiger partial charge in [0.2, 0.25) is 0 Å². The molecule has 0 amide bonds. The molecule has 1 aliphatic heterocycles. The smallest absolute Gasteiger partial charge is 0.336 e. The summed E-state index contributed by atoms with van der Waals surface area (Å²) < 4.78 is 27.0. The topological polar surface area (TPSA) is 83.5 Å². The van der Waals surface area contributed by atoms with E-state index in [1.54, 1.807) is 37.6 Å². The molecule has 8 nitrogen and oxygen atoms in total. The van der Waals surface area contributed by atoms with Crippen LogP contribution in [0, 0.1) is 0 Å². The molecule has 0 radical (unpaired) electrons. The molecule has 192 valence electrons. The Hall–Kier alpha value is -3.94. The van der Waals surface area contributed by atoms with Crippen LogP contribution in [0.25, 0.3) is 0 Å². The molecule has 0 bridgehead atoms. The van der Waals surface area contributed by atoms with E-state index >= 15 is 0 Å². The zero-order valence-corrected chi connectivity index (χ0v) is 21.4. The maximum absolute atomic E-state index is 13.0. The number of rotatable bonds is 11. The Morgan fingerprint density at radius 3 is 2.06 bits per heavy atom. The lowest BCUT2D eigenvalue weighted by atomic mass is 9.82. The predicted octanol–water partition coefficient (Wildman–Crippen LogP) is 4.60. The molecule has 0 fully saturated rings. The Bertz CT molecular complexity index is 1100. The van der Waals surface area contributed by atoms with Crippen molar-refractivity contribution in [1.29, 1.82) is 0 Å². The molecule has 1 aliphatic rings. The van der Waals surface area contributed by atoms with Crippen molar-refractivity contribution in [2.45, 2.75) is 32.2 Å². The van der Waals surface area contributed by atoms with E-state index in [2.05, 4.69) is 6.92 Å². The number of unbranched alkanes of at least 4 members (excludes halogenated alkanes) is 1. The average molecular weight is 496 g/mol. The van der Waals surface area contributed by atoms with Crippen molar-refractivity contribution < 1.29 is 33.3 Å². The molecule has 1 heterocycles. The highest BCUT2D eigenvalue weighted by molar-refractivity contribution is 5.98. The SMILES string of the molecule is CCCCOc1ccccc1C1C(C(=O)OC)=CN(Cc2ccc(OC)c(OC)c2)C=C1C(=O)OC. The number of methoxy groups -OCH3 is 4. The Balaban J connectivity index is 2.06. The number of esters is 2. The maximum atomic E-state index is 13.0. The van der Waals surface area contributed by atoms with Gasteiger partial charge in [-0.15, -0.1) is 0 Å². The van der Waals surface area contributed by atoms with Crippen molar-refractivity contribution in [2.75, 3.05) is 35.0 Å². The number of ether oxygens (including phenoxy) is 5. The molecule has 0 aromatic heterocycles. The first kappa shape index (κ1) is 26.7. The zero-order valence-electron chi connectivity index (χ0n) is 21.4. The van der Waals surface area contributed by atoms with Crippen molar-refractivity contribution in [3.05, 3.63) is 77.1 Å². The average Bonchev–Trinajstić information content (AvgIpc) is 2.92. The van der Waals surface area contributed by atoms with Crippen LogP contribution in [0.15, 0.2) is 66.0 Å². The summed E-state index contributed by atoms with van der Waals surface area (Å²) in [5, 5.41) is 0. The molecule has 0 aliphatic carbocycles.